The Hall–Kier alpha value is -3.05. The first kappa shape index (κ1) is 20.3. The number of nitrogens with zero attached hydrogens (tertiary/aromatic N) is 2. The van der Waals surface area contributed by atoms with Gasteiger partial charge >= 0.3 is 0 Å². The highest BCUT2D eigenvalue weighted by Gasteiger charge is 2.10. The maximum Gasteiger partial charge on any atom is 0.263 e. The van der Waals surface area contributed by atoms with Crippen LogP contribution in [0.3, 0.4) is 0 Å². The first-order valence-corrected chi connectivity index (χ1v) is 9.10. The summed E-state index contributed by atoms with van der Waals surface area (Å²) >= 11 is 1.47. The summed E-state index contributed by atoms with van der Waals surface area (Å²) in [5.41, 5.74) is 1.91. The zero-order chi connectivity index (χ0) is 19.8. The van der Waals surface area contributed by atoms with Crippen molar-refractivity contribution in [3.63, 3.8) is 0 Å². The number of amides is 1. The molecule has 0 radical (unpaired) electrons. The van der Waals surface area contributed by atoms with Gasteiger partial charge in [-0.05, 0) is 38.0 Å². The molecule has 27 heavy (non-hydrogen) atoms. The molecule has 0 saturated heterocycles. The molecule has 2 N–H and O–H groups in total. The van der Waals surface area contributed by atoms with Gasteiger partial charge in [0.2, 0.25) is 0 Å². The average Bonchev–Trinajstić information content (AvgIpc) is 2.99. The average molecular weight is 386 g/mol. The van der Waals surface area contributed by atoms with Gasteiger partial charge in [-0.2, -0.15) is 5.26 Å². The summed E-state index contributed by atoms with van der Waals surface area (Å²) in [4.78, 5) is 17.6. The number of hydrogen-bond acceptors (Lipinski definition) is 7. The molecule has 142 valence electrons. The van der Waals surface area contributed by atoms with Crippen LogP contribution in [0.4, 0.5) is 5.13 Å². The van der Waals surface area contributed by atoms with Crippen LogP contribution in [0.25, 0.3) is 0 Å². The van der Waals surface area contributed by atoms with Crippen molar-refractivity contribution < 1.29 is 14.3 Å². The van der Waals surface area contributed by atoms with Crippen LogP contribution < -0.4 is 20.1 Å². The number of nitriles is 1. The van der Waals surface area contributed by atoms with Gasteiger partial charge in [-0.15, -0.1) is 11.3 Å². The standard InChI is InChI=1S/C19H22N4O3S/c1-12-13(2)27-19(23-12)22-11-15(10-20)18(24)21-8-7-14-5-6-16(25-3)17(9-14)26-4/h5-6,9,11H,7-8H2,1-4H3,(H,21,24)(H,22,23)/b15-11-. The molecule has 7 nitrogen and oxygen atoms in total. The van der Waals surface area contributed by atoms with Gasteiger partial charge in [0, 0.05) is 17.6 Å². The van der Waals surface area contributed by atoms with E-state index in [1.165, 1.54) is 17.5 Å². The summed E-state index contributed by atoms with van der Waals surface area (Å²) in [5.74, 6) is 0.853. The van der Waals surface area contributed by atoms with Crippen LogP contribution >= 0.6 is 11.3 Å². The zero-order valence-electron chi connectivity index (χ0n) is 15.8. The molecule has 0 unspecified atom stereocenters. The number of methoxy groups -OCH3 is 2. The van der Waals surface area contributed by atoms with Crippen molar-refractivity contribution in [2.24, 2.45) is 0 Å². The highest BCUT2D eigenvalue weighted by atomic mass is 32.1. The molecule has 1 amide bonds. The fourth-order valence-corrected chi connectivity index (χ4v) is 3.05. The molecule has 0 atom stereocenters. The molecule has 1 heterocycles. The summed E-state index contributed by atoms with van der Waals surface area (Å²) in [6, 6.07) is 7.49. The van der Waals surface area contributed by atoms with Crippen molar-refractivity contribution in [1.82, 2.24) is 10.3 Å². The number of anilines is 1. The second kappa shape index (κ2) is 9.59. The lowest BCUT2D eigenvalue weighted by molar-refractivity contribution is -0.117. The van der Waals surface area contributed by atoms with Crippen molar-refractivity contribution in [3.05, 3.63) is 46.1 Å². The number of aromatic nitrogens is 1. The number of rotatable bonds is 8. The summed E-state index contributed by atoms with van der Waals surface area (Å²) < 4.78 is 10.5. The van der Waals surface area contributed by atoms with Crippen LogP contribution in [0.2, 0.25) is 0 Å². The number of carbonyl (C=O) groups excluding carboxylic acids is 1. The first-order chi connectivity index (χ1) is 13.0. The molecule has 0 saturated carbocycles. The highest BCUT2D eigenvalue weighted by Crippen LogP contribution is 2.27. The molecule has 1 aromatic heterocycles. The molecule has 0 aliphatic carbocycles. The number of benzene rings is 1. The maximum atomic E-state index is 12.2. The molecule has 0 aliphatic rings. The third kappa shape index (κ3) is 5.46. The lowest BCUT2D eigenvalue weighted by Gasteiger charge is -2.10. The molecule has 0 bridgehead atoms. The van der Waals surface area contributed by atoms with E-state index in [9.17, 15) is 10.1 Å². The molecule has 0 fully saturated rings. The second-order valence-corrected chi connectivity index (χ2v) is 6.87. The largest absolute Gasteiger partial charge is 0.493 e. The number of carbonyl (C=O) groups is 1. The van der Waals surface area contributed by atoms with Crippen molar-refractivity contribution in [1.29, 1.82) is 5.26 Å². The molecule has 8 heteroatoms. The van der Waals surface area contributed by atoms with Crippen LogP contribution in [0, 0.1) is 25.2 Å². The third-order valence-electron chi connectivity index (χ3n) is 3.88. The van der Waals surface area contributed by atoms with E-state index >= 15 is 0 Å². The fourth-order valence-electron chi connectivity index (χ4n) is 2.27. The quantitative estimate of drug-likeness (QED) is 0.535. The lowest BCUT2D eigenvalue weighted by Crippen LogP contribution is -2.27. The Morgan fingerprint density at radius 2 is 2.04 bits per heavy atom. The van der Waals surface area contributed by atoms with Crippen LogP contribution in [-0.4, -0.2) is 31.7 Å². The van der Waals surface area contributed by atoms with Crippen molar-refractivity contribution >= 4 is 22.4 Å². The number of hydrogen-bond donors (Lipinski definition) is 2. The summed E-state index contributed by atoms with van der Waals surface area (Å²) in [6.07, 6.45) is 1.98. The first-order valence-electron chi connectivity index (χ1n) is 8.28. The molecule has 2 aromatic rings. The summed E-state index contributed by atoms with van der Waals surface area (Å²) in [6.45, 7) is 4.27. The minimum absolute atomic E-state index is 0.00665. The maximum absolute atomic E-state index is 12.2. The van der Waals surface area contributed by atoms with Gasteiger partial charge in [0.1, 0.15) is 11.6 Å². The van der Waals surface area contributed by atoms with E-state index in [-0.39, 0.29) is 5.57 Å². The van der Waals surface area contributed by atoms with Crippen LogP contribution in [-0.2, 0) is 11.2 Å². The van der Waals surface area contributed by atoms with Gasteiger partial charge in [0.15, 0.2) is 16.6 Å². The van der Waals surface area contributed by atoms with E-state index in [1.807, 2.05) is 38.1 Å². The predicted octanol–water partition coefficient (Wildman–Crippen LogP) is 2.96. The highest BCUT2D eigenvalue weighted by molar-refractivity contribution is 7.15. The van der Waals surface area contributed by atoms with E-state index in [0.29, 0.717) is 29.6 Å². The number of thiazole rings is 1. The third-order valence-corrected chi connectivity index (χ3v) is 4.88. The van der Waals surface area contributed by atoms with E-state index in [1.54, 1.807) is 14.2 Å². The van der Waals surface area contributed by atoms with Gasteiger partial charge in [0.25, 0.3) is 5.91 Å². The van der Waals surface area contributed by atoms with Crippen molar-refractivity contribution in [2.45, 2.75) is 20.3 Å². The molecule has 0 aliphatic heterocycles. The van der Waals surface area contributed by atoms with Gasteiger partial charge in [-0.3, -0.25) is 4.79 Å². The Kier molecular flexibility index (Phi) is 7.20. The van der Waals surface area contributed by atoms with Crippen molar-refractivity contribution in [2.75, 3.05) is 26.1 Å². The minimum atomic E-state index is -0.435. The monoisotopic (exact) mass is 386 g/mol. The van der Waals surface area contributed by atoms with Crippen molar-refractivity contribution in [3.8, 4) is 17.6 Å². The number of ether oxygens (including phenoxy) is 2. The van der Waals surface area contributed by atoms with Crippen LogP contribution in [0.5, 0.6) is 11.5 Å². The smallest absolute Gasteiger partial charge is 0.263 e. The van der Waals surface area contributed by atoms with Gasteiger partial charge < -0.3 is 20.1 Å². The van der Waals surface area contributed by atoms with Gasteiger partial charge in [-0.25, -0.2) is 4.98 Å². The summed E-state index contributed by atoms with van der Waals surface area (Å²) in [7, 11) is 3.15. The van der Waals surface area contributed by atoms with Crippen LogP contribution in [0.15, 0.2) is 30.0 Å². The predicted molar refractivity (Wildman–Crippen MR) is 105 cm³/mol. The van der Waals surface area contributed by atoms with E-state index in [2.05, 4.69) is 15.6 Å². The molecule has 1 aromatic carbocycles. The fraction of sp³-hybridized carbons (Fsp3) is 0.316. The Labute approximate surface area is 162 Å². The summed E-state index contributed by atoms with van der Waals surface area (Å²) in [5, 5.41) is 15.5. The second-order valence-electron chi connectivity index (χ2n) is 5.67. The minimum Gasteiger partial charge on any atom is -0.493 e. The van der Waals surface area contributed by atoms with Gasteiger partial charge in [0.05, 0.1) is 19.9 Å². The Morgan fingerprint density at radius 1 is 1.30 bits per heavy atom. The van der Waals surface area contributed by atoms with E-state index < -0.39 is 5.91 Å². The SMILES string of the molecule is COc1ccc(CCNC(=O)/C(C#N)=C\Nc2nc(C)c(C)s2)cc1OC. The Balaban J connectivity index is 1.91. The topological polar surface area (TPSA) is 96.3 Å². The Morgan fingerprint density at radius 3 is 2.63 bits per heavy atom. The van der Waals surface area contributed by atoms with Crippen LogP contribution in [0.1, 0.15) is 16.1 Å². The molecular formula is C19H22N4O3S. The number of aryl methyl sites for hydroxylation is 2. The molecular weight excluding hydrogens is 364 g/mol. The lowest BCUT2D eigenvalue weighted by atomic mass is 10.1. The Bertz CT molecular complexity index is 864. The molecule has 2 rings (SSSR count). The zero-order valence-corrected chi connectivity index (χ0v) is 16.6. The van der Waals surface area contributed by atoms with E-state index in [4.69, 9.17) is 9.47 Å². The van der Waals surface area contributed by atoms with Gasteiger partial charge in [-0.1, -0.05) is 6.07 Å². The molecule has 0 spiro atoms. The number of nitrogens with one attached hydrogen (secondary N) is 2. The van der Waals surface area contributed by atoms with E-state index in [0.717, 1.165) is 16.1 Å². The normalized spacial score (nSPS) is 10.9.